The van der Waals surface area contributed by atoms with Crippen molar-refractivity contribution in [3.63, 3.8) is 0 Å². The van der Waals surface area contributed by atoms with Gasteiger partial charge in [0.05, 0.1) is 5.71 Å². The lowest BCUT2D eigenvalue weighted by Crippen LogP contribution is -2.31. The number of hydrogen-bond donors (Lipinski definition) is 2. The van der Waals surface area contributed by atoms with Crippen molar-refractivity contribution in [1.82, 2.24) is 10.3 Å². The third-order valence-electron chi connectivity index (χ3n) is 6.01. The second-order valence-corrected chi connectivity index (χ2v) is 9.98. The predicted molar refractivity (Wildman–Crippen MR) is 138 cm³/mol. The van der Waals surface area contributed by atoms with E-state index in [1.54, 1.807) is 0 Å². The number of carbonyl (C=O) groups excluding carboxylic acids is 1. The minimum atomic E-state index is -0.140. The van der Waals surface area contributed by atoms with E-state index < -0.39 is 0 Å². The van der Waals surface area contributed by atoms with Gasteiger partial charge in [-0.15, -0.1) is 0 Å². The van der Waals surface area contributed by atoms with Gasteiger partial charge in [-0.05, 0) is 42.1 Å². The molecule has 0 atom stereocenters. The summed E-state index contributed by atoms with van der Waals surface area (Å²) in [5.41, 5.74) is 12.8. The first kappa shape index (κ1) is 23.7. The monoisotopic (exact) mass is 474 g/mol. The average Bonchev–Trinajstić information content (AvgIpc) is 3.12. The van der Waals surface area contributed by atoms with E-state index in [2.05, 4.69) is 24.4 Å². The molecule has 1 aromatic heterocycles. The molecule has 2 aromatic carbocycles. The number of rotatable bonds is 6. The van der Waals surface area contributed by atoms with Gasteiger partial charge in [0.25, 0.3) is 5.91 Å². The van der Waals surface area contributed by atoms with Gasteiger partial charge in [0, 0.05) is 30.6 Å². The van der Waals surface area contributed by atoms with Crippen molar-refractivity contribution in [2.45, 2.75) is 46.7 Å². The van der Waals surface area contributed by atoms with Crippen LogP contribution in [-0.2, 0) is 19.5 Å². The Morgan fingerprint density at radius 1 is 1.06 bits per heavy atom. The van der Waals surface area contributed by atoms with Crippen molar-refractivity contribution < 1.29 is 9.21 Å². The van der Waals surface area contributed by atoms with Crippen molar-refractivity contribution in [2.24, 2.45) is 16.3 Å². The number of carbonyl (C=O) groups is 1. The van der Waals surface area contributed by atoms with E-state index in [1.807, 2.05) is 72.5 Å². The van der Waals surface area contributed by atoms with Gasteiger partial charge in [-0.3, -0.25) is 10.2 Å². The number of hydrazone groups is 1. The maximum Gasteiger partial charge on any atom is 0.290 e. The van der Waals surface area contributed by atoms with E-state index in [9.17, 15) is 4.79 Å². The Morgan fingerprint density at radius 3 is 2.15 bits per heavy atom. The number of nitrogens with zero attached hydrogens (tertiary/aromatic N) is 2. The van der Waals surface area contributed by atoms with E-state index in [1.165, 1.54) is 0 Å². The molecule has 0 saturated carbocycles. The van der Waals surface area contributed by atoms with Crippen LogP contribution in [0.3, 0.4) is 0 Å². The second-order valence-electron chi connectivity index (χ2n) is 9.54. The zero-order chi connectivity index (χ0) is 24.3. The molecule has 0 fully saturated rings. The molecule has 176 valence electrons. The molecule has 0 unspecified atom stereocenters. The van der Waals surface area contributed by atoms with E-state index in [0.29, 0.717) is 18.8 Å². The first-order valence-corrected chi connectivity index (χ1v) is 11.8. The molecule has 0 aliphatic heterocycles. The minimum absolute atomic E-state index is 0.0674. The maximum atomic E-state index is 13.9. The second kappa shape index (κ2) is 9.81. The summed E-state index contributed by atoms with van der Waals surface area (Å²) < 4.78 is 6.26. The fraction of sp³-hybridized carbons (Fsp3) is 0.296. The number of benzene rings is 2. The smallest absolute Gasteiger partial charge is 0.290 e. The highest BCUT2D eigenvalue weighted by molar-refractivity contribution is 7.80. The van der Waals surface area contributed by atoms with Gasteiger partial charge >= 0.3 is 0 Å². The maximum absolute atomic E-state index is 13.9. The van der Waals surface area contributed by atoms with Crippen LogP contribution in [0.2, 0.25) is 0 Å². The SMILES string of the molecule is Cc1c(C(=O)N(Cc2ccccc2)Cc2ccccc2)oc2c1/C(=N\NC(N)=S)CC(C)(C)C2. The van der Waals surface area contributed by atoms with E-state index in [4.69, 9.17) is 22.4 Å². The van der Waals surface area contributed by atoms with Crippen LogP contribution in [0.5, 0.6) is 0 Å². The van der Waals surface area contributed by atoms with Crippen LogP contribution >= 0.6 is 12.2 Å². The van der Waals surface area contributed by atoms with Crippen molar-refractivity contribution in [3.8, 4) is 0 Å². The highest BCUT2D eigenvalue weighted by Gasteiger charge is 2.37. The molecule has 0 spiro atoms. The van der Waals surface area contributed by atoms with Crippen molar-refractivity contribution in [1.29, 1.82) is 0 Å². The topological polar surface area (TPSA) is 83.9 Å². The predicted octanol–water partition coefficient (Wildman–Crippen LogP) is 4.94. The Balaban J connectivity index is 1.72. The van der Waals surface area contributed by atoms with Crippen LogP contribution in [0.4, 0.5) is 0 Å². The van der Waals surface area contributed by atoms with Gasteiger partial charge in [0.2, 0.25) is 0 Å². The molecule has 0 bridgehead atoms. The number of nitrogens with two attached hydrogens (primary N) is 1. The quantitative estimate of drug-likeness (QED) is 0.391. The highest BCUT2D eigenvalue weighted by atomic mass is 32.1. The van der Waals surface area contributed by atoms with E-state index in [-0.39, 0.29) is 16.4 Å². The molecule has 1 aliphatic rings. The van der Waals surface area contributed by atoms with Crippen LogP contribution in [0, 0.1) is 12.3 Å². The van der Waals surface area contributed by atoms with Gasteiger partial charge in [-0.25, -0.2) is 0 Å². The molecule has 0 saturated heterocycles. The third-order valence-corrected chi connectivity index (χ3v) is 6.10. The fourth-order valence-electron chi connectivity index (χ4n) is 4.49. The van der Waals surface area contributed by atoms with Gasteiger partial charge in [-0.1, -0.05) is 74.5 Å². The van der Waals surface area contributed by atoms with Crippen molar-refractivity contribution in [2.75, 3.05) is 0 Å². The van der Waals surface area contributed by atoms with Crippen molar-refractivity contribution >= 4 is 28.9 Å². The molecule has 1 aliphatic carbocycles. The molecule has 0 radical (unpaired) electrons. The zero-order valence-corrected chi connectivity index (χ0v) is 20.6. The van der Waals surface area contributed by atoms with E-state index in [0.717, 1.165) is 46.6 Å². The van der Waals surface area contributed by atoms with Crippen molar-refractivity contribution in [3.05, 3.63) is 94.4 Å². The first-order valence-electron chi connectivity index (χ1n) is 11.4. The minimum Gasteiger partial charge on any atom is -0.455 e. The third kappa shape index (κ3) is 5.37. The van der Waals surface area contributed by atoms with Crippen LogP contribution in [0.15, 0.2) is 70.2 Å². The van der Waals surface area contributed by atoms with Crippen LogP contribution < -0.4 is 11.2 Å². The summed E-state index contributed by atoms with van der Waals surface area (Å²) in [4.78, 5) is 15.7. The Bertz CT molecular complexity index is 1170. The molecular weight excluding hydrogens is 444 g/mol. The molecule has 4 rings (SSSR count). The molecule has 3 aromatic rings. The van der Waals surface area contributed by atoms with E-state index >= 15 is 0 Å². The molecule has 34 heavy (non-hydrogen) atoms. The van der Waals surface area contributed by atoms with Gasteiger partial charge < -0.3 is 15.1 Å². The first-order chi connectivity index (χ1) is 16.2. The molecular formula is C27H30N4O2S. The fourth-order valence-corrected chi connectivity index (χ4v) is 4.53. The summed E-state index contributed by atoms with van der Waals surface area (Å²) in [6, 6.07) is 20.0. The Labute approximate surface area is 205 Å². The lowest BCUT2D eigenvalue weighted by Gasteiger charge is -2.29. The lowest BCUT2D eigenvalue weighted by molar-refractivity contribution is 0.0693. The summed E-state index contributed by atoms with van der Waals surface area (Å²) in [6.45, 7) is 7.20. The zero-order valence-electron chi connectivity index (χ0n) is 19.8. The highest BCUT2D eigenvalue weighted by Crippen LogP contribution is 2.39. The summed E-state index contributed by atoms with van der Waals surface area (Å²) in [5.74, 6) is 0.997. The standard InChI is InChI=1S/C27H30N4O2S/c1-18-23-21(29-30-26(28)34)14-27(2,3)15-22(23)33-24(18)25(32)31(16-19-10-6-4-7-11-19)17-20-12-8-5-9-13-20/h4-13H,14-17H2,1-3H3,(H3,28,30,34)/b29-21-. The Kier molecular flexibility index (Phi) is 6.84. The van der Waals surface area contributed by atoms with Crippen LogP contribution in [0.1, 0.15) is 58.8 Å². The Morgan fingerprint density at radius 2 is 1.62 bits per heavy atom. The summed E-state index contributed by atoms with van der Waals surface area (Å²) in [5, 5.41) is 4.55. The molecule has 3 N–H and O–H groups in total. The lowest BCUT2D eigenvalue weighted by atomic mass is 9.75. The average molecular weight is 475 g/mol. The molecule has 6 nitrogen and oxygen atoms in total. The number of furan rings is 1. The summed E-state index contributed by atoms with van der Waals surface area (Å²) >= 11 is 4.93. The number of nitrogens with one attached hydrogen (secondary N) is 1. The largest absolute Gasteiger partial charge is 0.455 e. The van der Waals surface area contributed by atoms with Gasteiger partial charge in [0.15, 0.2) is 10.9 Å². The normalized spacial score (nSPS) is 15.6. The van der Waals surface area contributed by atoms with Gasteiger partial charge in [0.1, 0.15) is 5.76 Å². The number of hydrogen-bond acceptors (Lipinski definition) is 4. The molecule has 1 heterocycles. The number of amides is 1. The van der Waals surface area contributed by atoms with Crippen LogP contribution in [0.25, 0.3) is 0 Å². The summed E-state index contributed by atoms with van der Waals surface area (Å²) in [7, 11) is 0. The molecule has 7 heteroatoms. The molecule has 1 amide bonds. The number of thiocarbonyl (C=S) groups is 1. The number of fused-ring (bicyclic) bond motifs is 1. The Hall–Kier alpha value is -3.45. The van der Waals surface area contributed by atoms with Crippen LogP contribution in [-0.4, -0.2) is 21.6 Å². The van der Waals surface area contributed by atoms with Gasteiger partial charge in [-0.2, -0.15) is 5.10 Å². The summed E-state index contributed by atoms with van der Waals surface area (Å²) in [6.07, 6.45) is 1.45.